The number of benzene rings is 1. The molecule has 0 aliphatic carbocycles. The van der Waals surface area contributed by atoms with Gasteiger partial charge in [0, 0.05) is 25.1 Å². The Hall–Kier alpha value is -2.43. The molecule has 1 aromatic heterocycles. The van der Waals surface area contributed by atoms with E-state index in [0.717, 1.165) is 11.3 Å². The minimum absolute atomic E-state index is 0.0832. The molecule has 2 heterocycles. The first kappa shape index (κ1) is 15.5. The zero-order chi connectivity index (χ0) is 16.4. The average Bonchev–Trinajstić information content (AvgIpc) is 2.45. The Kier molecular flexibility index (Phi) is 4.28. The fourth-order valence-electron chi connectivity index (χ4n) is 2.92. The van der Waals surface area contributed by atoms with Crippen molar-refractivity contribution >= 4 is 5.91 Å². The Morgan fingerprint density at radius 3 is 2.74 bits per heavy atom. The van der Waals surface area contributed by atoms with Crippen molar-refractivity contribution in [1.82, 2.24) is 14.7 Å². The van der Waals surface area contributed by atoms with Gasteiger partial charge in [0.1, 0.15) is 0 Å². The van der Waals surface area contributed by atoms with Crippen molar-refractivity contribution in [2.45, 2.75) is 26.8 Å². The molecule has 1 aliphatic heterocycles. The molecule has 1 aromatic carbocycles. The standard InChI is InChI=1S/C18H21N3O2/c1-13-4-3-5-15(8-13)9-18(23)20-10-16(11-20)12-21-17(22)7-6-14(2)19-21/h3-8,16H,9-12H2,1-2H3. The summed E-state index contributed by atoms with van der Waals surface area (Å²) >= 11 is 0. The summed E-state index contributed by atoms with van der Waals surface area (Å²) in [5.41, 5.74) is 2.97. The van der Waals surface area contributed by atoms with E-state index in [0.29, 0.717) is 32.0 Å². The van der Waals surface area contributed by atoms with E-state index in [2.05, 4.69) is 5.10 Å². The van der Waals surface area contributed by atoms with Gasteiger partial charge in [0.2, 0.25) is 5.91 Å². The van der Waals surface area contributed by atoms with E-state index < -0.39 is 0 Å². The van der Waals surface area contributed by atoms with Crippen molar-refractivity contribution in [2.75, 3.05) is 13.1 Å². The Bertz CT molecular complexity index is 776. The van der Waals surface area contributed by atoms with Crippen LogP contribution in [0.4, 0.5) is 0 Å². The quantitative estimate of drug-likeness (QED) is 0.861. The number of carbonyl (C=O) groups excluding carboxylic acids is 1. The summed E-state index contributed by atoms with van der Waals surface area (Å²) < 4.78 is 1.50. The maximum absolute atomic E-state index is 12.3. The molecule has 1 fully saturated rings. The first-order valence-electron chi connectivity index (χ1n) is 7.89. The first-order chi connectivity index (χ1) is 11.0. The molecule has 120 valence electrons. The summed E-state index contributed by atoms with van der Waals surface area (Å²) in [5.74, 6) is 0.458. The zero-order valence-corrected chi connectivity index (χ0v) is 13.5. The van der Waals surface area contributed by atoms with Crippen LogP contribution in [-0.2, 0) is 17.8 Å². The number of nitrogens with zero attached hydrogens (tertiary/aromatic N) is 3. The summed E-state index contributed by atoms with van der Waals surface area (Å²) in [6.07, 6.45) is 0.442. The molecular formula is C18H21N3O2. The minimum Gasteiger partial charge on any atom is -0.342 e. The highest BCUT2D eigenvalue weighted by Gasteiger charge is 2.31. The molecule has 23 heavy (non-hydrogen) atoms. The lowest BCUT2D eigenvalue weighted by molar-refractivity contribution is -0.137. The second-order valence-electron chi connectivity index (χ2n) is 6.33. The Morgan fingerprint density at radius 2 is 2.00 bits per heavy atom. The molecule has 5 heteroatoms. The molecule has 0 saturated carbocycles. The molecule has 0 spiro atoms. The average molecular weight is 311 g/mol. The molecule has 1 saturated heterocycles. The van der Waals surface area contributed by atoms with Crippen molar-refractivity contribution in [3.63, 3.8) is 0 Å². The van der Waals surface area contributed by atoms with Crippen molar-refractivity contribution in [3.8, 4) is 0 Å². The van der Waals surface area contributed by atoms with Crippen LogP contribution in [-0.4, -0.2) is 33.7 Å². The second kappa shape index (κ2) is 6.36. The number of aromatic nitrogens is 2. The number of carbonyl (C=O) groups is 1. The Balaban J connectivity index is 1.53. The van der Waals surface area contributed by atoms with Gasteiger partial charge in [0.25, 0.3) is 5.56 Å². The Morgan fingerprint density at radius 1 is 1.22 bits per heavy atom. The third-order valence-electron chi connectivity index (χ3n) is 4.18. The van der Waals surface area contributed by atoms with Crippen LogP contribution in [0.1, 0.15) is 16.8 Å². The van der Waals surface area contributed by atoms with E-state index in [1.165, 1.54) is 10.2 Å². The van der Waals surface area contributed by atoms with E-state index in [1.54, 1.807) is 12.1 Å². The van der Waals surface area contributed by atoms with Gasteiger partial charge >= 0.3 is 0 Å². The molecule has 0 atom stereocenters. The minimum atomic E-state index is -0.0832. The molecule has 0 bridgehead atoms. The molecular weight excluding hydrogens is 290 g/mol. The van der Waals surface area contributed by atoms with Crippen LogP contribution < -0.4 is 5.56 Å². The van der Waals surface area contributed by atoms with Crippen LogP contribution in [0.25, 0.3) is 0 Å². The number of amides is 1. The number of aryl methyl sites for hydroxylation is 2. The monoisotopic (exact) mass is 311 g/mol. The third-order valence-corrected chi connectivity index (χ3v) is 4.18. The fourth-order valence-corrected chi connectivity index (χ4v) is 2.92. The molecule has 1 aliphatic rings. The number of hydrogen-bond donors (Lipinski definition) is 0. The summed E-state index contributed by atoms with van der Waals surface area (Å²) in [5, 5.41) is 4.24. The molecule has 1 amide bonds. The van der Waals surface area contributed by atoms with Gasteiger partial charge in [-0.1, -0.05) is 29.8 Å². The molecule has 2 aromatic rings. The largest absolute Gasteiger partial charge is 0.342 e. The summed E-state index contributed by atoms with van der Waals surface area (Å²) in [6, 6.07) is 11.3. The highest BCUT2D eigenvalue weighted by molar-refractivity contribution is 5.79. The van der Waals surface area contributed by atoms with E-state index >= 15 is 0 Å². The second-order valence-corrected chi connectivity index (χ2v) is 6.33. The number of hydrogen-bond acceptors (Lipinski definition) is 3. The summed E-state index contributed by atoms with van der Waals surface area (Å²) in [4.78, 5) is 25.9. The fraction of sp³-hybridized carbons (Fsp3) is 0.389. The zero-order valence-electron chi connectivity index (χ0n) is 13.5. The summed E-state index contributed by atoms with van der Waals surface area (Å²) in [7, 11) is 0. The number of likely N-dealkylation sites (tertiary alicyclic amines) is 1. The van der Waals surface area contributed by atoms with Crippen LogP contribution in [0, 0.1) is 19.8 Å². The third kappa shape index (κ3) is 3.67. The van der Waals surface area contributed by atoms with Crippen LogP contribution in [0.5, 0.6) is 0 Å². The van der Waals surface area contributed by atoms with Gasteiger partial charge in [-0.2, -0.15) is 5.10 Å². The smallest absolute Gasteiger partial charge is 0.266 e. The van der Waals surface area contributed by atoms with E-state index in [1.807, 2.05) is 43.0 Å². The van der Waals surface area contributed by atoms with Crippen LogP contribution >= 0.6 is 0 Å². The van der Waals surface area contributed by atoms with Gasteiger partial charge < -0.3 is 4.90 Å². The highest BCUT2D eigenvalue weighted by atomic mass is 16.2. The normalized spacial score (nSPS) is 14.6. The molecule has 0 unspecified atom stereocenters. The van der Waals surface area contributed by atoms with Gasteiger partial charge in [-0.25, -0.2) is 4.68 Å². The molecule has 0 radical (unpaired) electrons. The molecule has 0 N–H and O–H groups in total. The van der Waals surface area contributed by atoms with E-state index in [9.17, 15) is 9.59 Å². The predicted molar refractivity (Wildman–Crippen MR) is 88.2 cm³/mol. The maximum atomic E-state index is 12.3. The van der Waals surface area contributed by atoms with Gasteiger partial charge in [0.05, 0.1) is 18.7 Å². The van der Waals surface area contributed by atoms with E-state index in [-0.39, 0.29) is 11.5 Å². The lowest BCUT2D eigenvalue weighted by Gasteiger charge is -2.39. The highest BCUT2D eigenvalue weighted by Crippen LogP contribution is 2.18. The predicted octanol–water partition coefficient (Wildman–Crippen LogP) is 1.56. The van der Waals surface area contributed by atoms with Crippen LogP contribution in [0.15, 0.2) is 41.2 Å². The van der Waals surface area contributed by atoms with Gasteiger partial charge in [-0.3, -0.25) is 9.59 Å². The van der Waals surface area contributed by atoms with Crippen molar-refractivity contribution in [3.05, 3.63) is 63.6 Å². The molecule has 3 rings (SSSR count). The SMILES string of the molecule is Cc1cccc(CC(=O)N2CC(Cn3nc(C)ccc3=O)C2)c1. The van der Waals surface area contributed by atoms with Gasteiger partial charge in [-0.05, 0) is 25.5 Å². The van der Waals surface area contributed by atoms with E-state index in [4.69, 9.17) is 0 Å². The van der Waals surface area contributed by atoms with Gasteiger partial charge in [0.15, 0.2) is 0 Å². The van der Waals surface area contributed by atoms with Crippen LogP contribution in [0.2, 0.25) is 0 Å². The molecule has 5 nitrogen and oxygen atoms in total. The van der Waals surface area contributed by atoms with Crippen LogP contribution in [0.3, 0.4) is 0 Å². The topological polar surface area (TPSA) is 55.2 Å². The lowest BCUT2D eigenvalue weighted by Crippen LogP contribution is -2.52. The Labute approximate surface area is 135 Å². The maximum Gasteiger partial charge on any atom is 0.266 e. The lowest BCUT2D eigenvalue weighted by atomic mass is 9.98. The first-order valence-corrected chi connectivity index (χ1v) is 7.89. The van der Waals surface area contributed by atoms with Crippen molar-refractivity contribution in [1.29, 1.82) is 0 Å². The van der Waals surface area contributed by atoms with Crippen molar-refractivity contribution in [2.24, 2.45) is 5.92 Å². The summed E-state index contributed by atoms with van der Waals surface area (Å²) in [6.45, 7) is 5.88. The van der Waals surface area contributed by atoms with Crippen molar-refractivity contribution < 1.29 is 4.79 Å². The number of rotatable bonds is 4. The van der Waals surface area contributed by atoms with Gasteiger partial charge in [-0.15, -0.1) is 0 Å².